The number of hydrogen-bond donors (Lipinski definition) is 1. The van der Waals surface area contributed by atoms with Crippen molar-refractivity contribution in [1.82, 2.24) is 15.5 Å². The van der Waals surface area contributed by atoms with Crippen molar-refractivity contribution in [3.8, 4) is 6.07 Å². The number of aryl methyl sites for hydroxylation is 1. The van der Waals surface area contributed by atoms with Gasteiger partial charge in [-0.1, -0.05) is 0 Å². The van der Waals surface area contributed by atoms with E-state index >= 15 is 0 Å². The van der Waals surface area contributed by atoms with Gasteiger partial charge in [0.1, 0.15) is 11.6 Å². The van der Waals surface area contributed by atoms with E-state index in [4.69, 9.17) is 0 Å². The monoisotopic (exact) mass is 273 g/mol. The third kappa shape index (κ3) is 2.91. The summed E-state index contributed by atoms with van der Waals surface area (Å²) in [7, 11) is 0. The number of nitrogens with one attached hydrogen (secondary N) is 1. The van der Waals surface area contributed by atoms with Crippen LogP contribution in [0.2, 0.25) is 0 Å². The Kier molecular flexibility index (Phi) is 4.56. The largest absolute Gasteiger partial charge is 0.350 e. The Labute approximate surface area is 121 Å². The van der Waals surface area contributed by atoms with Gasteiger partial charge >= 0.3 is 0 Å². The van der Waals surface area contributed by atoms with Crippen molar-refractivity contribution in [2.45, 2.75) is 52.6 Å². The zero-order chi connectivity index (χ0) is 14.7. The smallest absolute Gasteiger partial charge is 0.169 e. The average Bonchev–Trinajstić information content (AvgIpc) is 2.92. The molecule has 0 spiro atoms. The van der Waals surface area contributed by atoms with Crippen LogP contribution in [0, 0.1) is 25.2 Å². The molecule has 0 radical (unpaired) electrons. The summed E-state index contributed by atoms with van der Waals surface area (Å²) in [5.74, 6) is 0.722. The number of nitrogens with zero attached hydrogens (tertiary/aromatic N) is 4. The number of anilines is 1. The molecule has 0 amide bonds. The summed E-state index contributed by atoms with van der Waals surface area (Å²) in [5.41, 5.74) is 2.42. The standard InChI is InChI=1S/C15H23N5/c1-10(2)20(9-13-6-5-7-17-13)15-14(8-16)11(3)12(4)18-19-15/h10,13,17H,5-7,9H2,1-4H3. The lowest BCUT2D eigenvalue weighted by Gasteiger charge is -2.31. The SMILES string of the molecule is Cc1nnc(N(CC2CCCN2)C(C)C)c(C#N)c1C. The highest BCUT2D eigenvalue weighted by molar-refractivity contribution is 5.58. The molecule has 108 valence electrons. The molecule has 20 heavy (non-hydrogen) atoms. The molecule has 1 N–H and O–H groups in total. The van der Waals surface area contributed by atoms with E-state index in [1.54, 1.807) is 0 Å². The highest BCUT2D eigenvalue weighted by Gasteiger charge is 2.24. The van der Waals surface area contributed by atoms with Crippen LogP contribution in [-0.2, 0) is 0 Å². The molecule has 1 aliphatic rings. The van der Waals surface area contributed by atoms with E-state index in [1.165, 1.54) is 12.8 Å². The fraction of sp³-hybridized carbons (Fsp3) is 0.667. The summed E-state index contributed by atoms with van der Waals surface area (Å²) < 4.78 is 0. The molecule has 1 atom stereocenters. The fourth-order valence-electron chi connectivity index (χ4n) is 2.62. The molecule has 1 aromatic rings. The van der Waals surface area contributed by atoms with Crippen molar-refractivity contribution in [2.24, 2.45) is 0 Å². The Morgan fingerprint density at radius 3 is 2.70 bits per heavy atom. The molecule has 5 nitrogen and oxygen atoms in total. The Morgan fingerprint density at radius 2 is 2.15 bits per heavy atom. The van der Waals surface area contributed by atoms with Gasteiger partial charge in [-0.05, 0) is 52.6 Å². The molecule has 0 aliphatic carbocycles. The van der Waals surface area contributed by atoms with Gasteiger partial charge in [0.15, 0.2) is 5.82 Å². The highest BCUT2D eigenvalue weighted by atomic mass is 15.3. The zero-order valence-electron chi connectivity index (χ0n) is 12.8. The van der Waals surface area contributed by atoms with Crippen molar-refractivity contribution >= 4 is 5.82 Å². The molecule has 1 aromatic heterocycles. The van der Waals surface area contributed by atoms with E-state index in [9.17, 15) is 5.26 Å². The van der Waals surface area contributed by atoms with Crippen LogP contribution in [0.15, 0.2) is 0 Å². The number of rotatable bonds is 4. The number of hydrogen-bond acceptors (Lipinski definition) is 5. The lowest BCUT2D eigenvalue weighted by molar-refractivity contribution is 0.546. The number of nitriles is 1. The van der Waals surface area contributed by atoms with Gasteiger partial charge in [0.05, 0.1) is 5.69 Å². The number of aromatic nitrogens is 2. The van der Waals surface area contributed by atoms with Gasteiger partial charge in [0, 0.05) is 18.6 Å². The predicted octanol–water partition coefficient (Wildman–Crippen LogP) is 1.93. The first-order valence-corrected chi connectivity index (χ1v) is 7.28. The molecule has 1 aliphatic heterocycles. The summed E-state index contributed by atoms with van der Waals surface area (Å²) >= 11 is 0. The topological polar surface area (TPSA) is 64.8 Å². The van der Waals surface area contributed by atoms with Crippen LogP contribution < -0.4 is 10.2 Å². The second kappa shape index (κ2) is 6.19. The van der Waals surface area contributed by atoms with Crippen LogP contribution >= 0.6 is 0 Å². The van der Waals surface area contributed by atoms with E-state index in [-0.39, 0.29) is 0 Å². The third-order valence-corrected chi connectivity index (χ3v) is 4.02. The molecule has 2 heterocycles. The predicted molar refractivity (Wildman–Crippen MR) is 79.7 cm³/mol. The summed E-state index contributed by atoms with van der Waals surface area (Å²) in [5, 5.41) is 21.5. The van der Waals surface area contributed by atoms with Crippen LogP contribution in [0.5, 0.6) is 0 Å². The summed E-state index contributed by atoms with van der Waals surface area (Å²) in [6.45, 7) is 10.1. The second-order valence-corrected chi connectivity index (χ2v) is 5.76. The van der Waals surface area contributed by atoms with Crippen LogP contribution in [0.25, 0.3) is 0 Å². The molecular formula is C15H23N5. The Balaban J connectivity index is 2.34. The van der Waals surface area contributed by atoms with E-state index < -0.39 is 0 Å². The van der Waals surface area contributed by atoms with E-state index in [1.807, 2.05) is 13.8 Å². The Bertz CT molecular complexity index is 512. The maximum Gasteiger partial charge on any atom is 0.169 e. The van der Waals surface area contributed by atoms with Crippen LogP contribution in [0.4, 0.5) is 5.82 Å². The lowest BCUT2D eigenvalue weighted by atomic mass is 10.1. The van der Waals surface area contributed by atoms with Crippen molar-refractivity contribution < 1.29 is 0 Å². The molecule has 0 aromatic carbocycles. The van der Waals surface area contributed by atoms with E-state index in [0.717, 1.165) is 30.2 Å². The molecular weight excluding hydrogens is 250 g/mol. The van der Waals surface area contributed by atoms with Gasteiger partial charge in [-0.25, -0.2) is 0 Å². The van der Waals surface area contributed by atoms with Gasteiger partial charge in [-0.2, -0.15) is 10.4 Å². The maximum atomic E-state index is 9.46. The molecule has 0 saturated carbocycles. The minimum Gasteiger partial charge on any atom is -0.350 e. The first kappa shape index (κ1) is 14.7. The van der Waals surface area contributed by atoms with Gasteiger partial charge in [-0.15, -0.1) is 5.10 Å². The summed E-state index contributed by atoms with van der Waals surface area (Å²) in [4.78, 5) is 2.20. The summed E-state index contributed by atoms with van der Waals surface area (Å²) in [6, 6.07) is 3.07. The van der Waals surface area contributed by atoms with Gasteiger partial charge < -0.3 is 10.2 Å². The van der Waals surface area contributed by atoms with Crippen molar-refractivity contribution in [2.75, 3.05) is 18.0 Å². The quantitative estimate of drug-likeness (QED) is 0.908. The van der Waals surface area contributed by atoms with Gasteiger partial charge in [0.2, 0.25) is 0 Å². The Morgan fingerprint density at radius 1 is 1.40 bits per heavy atom. The first-order valence-electron chi connectivity index (χ1n) is 7.28. The molecule has 1 saturated heterocycles. The highest BCUT2D eigenvalue weighted by Crippen LogP contribution is 2.24. The van der Waals surface area contributed by atoms with Gasteiger partial charge in [-0.3, -0.25) is 0 Å². The molecule has 1 fully saturated rings. The van der Waals surface area contributed by atoms with E-state index in [0.29, 0.717) is 17.6 Å². The van der Waals surface area contributed by atoms with Crippen LogP contribution in [-0.4, -0.2) is 35.4 Å². The molecule has 1 unspecified atom stereocenters. The minimum absolute atomic E-state index is 0.293. The molecule has 0 bridgehead atoms. The summed E-state index contributed by atoms with van der Waals surface area (Å²) in [6.07, 6.45) is 2.41. The van der Waals surface area contributed by atoms with Crippen molar-refractivity contribution in [3.05, 3.63) is 16.8 Å². The van der Waals surface area contributed by atoms with Crippen molar-refractivity contribution in [1.29, 1.82) is 5.26 Å². The van der Waals surface area contributed by atoms with Crippen LogP contribution in [0.1, 0.15) is 43.5 Å². The van der Waals surface area contributed by atoms with E-state index in [2.05, 4.69) is 40.3 Å². The average molecular weight is 273 g/mol. The Hall–Kier alpha value is -1.67. The van der Waals surface area contributed by atoms with Crippen molar-refractivity contribution in [3.63, 3.8) is 0 Å². The normalized spacial score (nSPS) is 18.3. The zero-order valence-corrected chi connectivity index (χ0v) is 12.8. The first-order chi connectivity index (χ1) is 9.54. The minimum atomic E-state index is 0.293. The lowest BCUT2D eigenvalue weighted by Crippen LogP contribution is -2.42. The molecule has 5 heteroatoms. The van der Waals surface area contributed by atoms with Gasteiger partial charge in [0.25, 0.3) is 0 Å². The fourth-order valence-corrected chi connectivity index (χ4v) is 2.62. The maximum absolute atomic E-state index is 9.46. The molecule has 2 rings (SSSR count). The van der Waals surface area contributed by atoms with Crippen LogP contribution in [0.3, 0.4) is 0 Å². The second-order valence-electron chi connectivity index (χ2n) is 5.76. The third-order valence-electron chi connectivity index (χ3n) is 4.02.